The molecule has 0 amide bonds. The van der Waals surface area contributed by atoms with Gasteiger partial charge in [0.1, 0.15) is 0 Å². The standard InChI is InChI=1S/C17H25NO3S/c19-12-13-5-8-16(9-6-13)18-22(20,21)17-10-7-14-3-1-2-4-15(14)11-17/h7,10-11,13,16,18-19H,1-6,8-9,12H2. The second-order valence-corrected chi connectivity index (χ2v) is 8.37. The van der Waals surface area contributed by atoms with Crippen molar-refractivity contribution >= 4 is 10.0 Å². The fourth-order valence-corrected chi connectivity index (χ4v) is 4.98. The van der Waals surface area contributed by atoms with E-state index >= 15 is 0 Å². The van der Waals surface area contributed by atoms with Crippen LogP contribution in [0.25, 0.3) is 0 Å². The molecule has 0 aliphatic heterocycles. The van der Waals surface area contributed by atoms with Gasteiger partial charge in [-0.05, 0) is 80.5 Å². The minimum atomic E-state index is -3.43. The van der Waals surface area contributed by atoms with Crippen LogP contribution in [0.15, 0.2) is 23.1 Å². The van der Waals surface area contributed by atoms with E-state index in [1.54, 1.807) is 6.07 Å². The number of aliphatic hydroxyl groups excluding tert-OH is 1. The molecule has 0 saturated heterocycles. The molecule has 2 aliphatic carbocycles. The van der Waals surface area contributed by atoms with Crippen LogP contribution in [0.4, 0.5) is 0 Å². The minimum Gasteiger partial charge on any atom is -0.396 e. The highest BCUT2D eigenvalue weighted by molar-refractivity contribution is 7.89. The van der Waals surface area contributed by atoms with E-state index in [1.165, 1.54) is 17.5 Å². The van der Waals surface area contributed by atoms with Crippen LogP contribution in [0.3, 0.4) is 0 Å². The molecule has 4 nitrogen and oxygen atoms in total. The maximum Gasteiger partial charge on any atom is 0.240 e. The van der Waals surface area contributed by atoms with Gasteiger partial charge in [0.25, 0.3) is 0 Å². The maximum atomic E-state index is 12.6. The molecule has 0 aromatic heterocycles. The SMILES string of the molecule is O=S(=O)(NC1CCC(CO)CC1)c1ccc2c(c1)CCCC2. The minimum absolute atomic E-state index is 0.00355. The van der Waals surface area contributed by atoms with Crippen LogP contribution in [-0.2, 0) is 22.9 Å². The van der Waals surface area contributed by atoms with Crippen molar-refractivity contribution in [3.05, 3.63) is 29.3 Å². The first-order valence-corrected chi connectivity index (χ1v) is 9.82. The number of sulfonamides is 1. The molecule has 0 bridgehead atoms. The highest BCUT2D eigenvalue weighted by atomic mass is 32.2. The van der Waals surface area contributed by atoms with Crippen LogP contribution in [-0.4, -0.2) is 26.2 Å². The van der Waals surface area contributed by atoms with E-state index in [0.717, 1.165) is 44.9 Å². The van der Waals surface area contributed by atoms with Crippen LogP contribution in [0.5, 0.6) is 0 Å². The molecule has 122 valence electrons. The van der Waals surface area contributed by atoms with Crippen molar-refractivity contribution in [1.82, 2.24) is 4.72 Å². The van der Waals surface area contributed by atoms with Crippen molar-refractivity contribution in [1.29, 1.82) is 0 Å². The summed E-state index contributed by atoms with van der Waals surface area (Å²) in [4.78, 5) is 0.400. The Balaban J connectivity index is 1.70. The zero-order valence-electron chi connectivity index (χ0n) is 12.9. The van der Waals surface area contributed by atoms with E-state index < -0.39 is 10.0 Å². The fraction of sp³-hybridized carbons (Fsp3) is 0.647. The summed E-state index contributed by atoms with van der Waals surface area (Å²) in [6.45, 7) is 0.213. The number of hydrogen-bond acceptors (Lipinski definition) is 3. The third kappa shape index (κ3) is 3.53. The van der Waals surface area contributed by atoms with Crippen LogP contribution in [0, 0.1) is 5.92 Å². The van der Waals surface area contributed by atoms with Crippen molar-refractivity contribution in [2.24, 2.45) is 5.92 Å². The largest absolute Gasteiger partial charge is 0.396 e. The number of aliphatic hydroxyl groups is 1. The van der Waals surface area contributed by atoms with Gasteiger partial charge >= 0.3 is 0 Å². The third-order valence-corrected chi connectivity index (χ3v) is 6.58. The first-order chi connectivity index (χ1) is 10.6. The van der Waals surface area contributed by atoms with Crippen molar-refractivity contribution in [2.75, 3.05) is 6.61 Å². The molecule has 0 spiro atoms. The number of hydrogen-bond donors (Lipinski definition) is 2. The predicted octanol–water partition coefficient (Wildman–Crippen LogP) is 2.39. The Labute approximate surface area is 133 Å². The van der Waals surface area contributed by atoms with Gasteiger partial charge in [0.15, 0.2) is 0 Å². The van der Waals surface area contributed by atoms with E-state index in [4.69, 9.17) is 5.11 Å². The first-order valence-electron chi connectivity index (χ1n) is 8.33. The lowest BCUT2D eigenvalue weighted by Gasteiger charge is -2.28. The molecule has 1 saturated carbocycles. The van der Waals surface area contributed by atoms with E-state index in [2.05, 4.69) is 4.72 Å². The molecule has 22 heavy (non-hydrogen) atoms. The van der Waals surface area contributed by atoms with Gasteiger partial charge in [0, 0.05) is 12.6 Å². The molecule has 0 heterocycles. The van der Waals surface area contributed by atoms with E-state index in [1.807, 2.05) is 12.1 Å². The zero-order valence-corrected chi connectivity index (χ0v) is 13.7. The van der Waals surface area contributed by atoms with E-state index in [0.29, 0.717) is 10.8 Å². The van der Waals surface area contributed by atoms with E-state index in [9.17, 15) is 8.42 Å². The first kappa shape index (κ1) is 16.0. The maximum absolute atomic E-state index is 12.6. The van der Waals surface area contributed by atoms with Gasteiger partial charge in [0.2, 0.25) is 10.0 Å². The lowest BCUT2D eigenvalue weighted by atomic mass is 9.87. The van der Waals surface area contributed by atoms with Crippen LogP contribution >= 0.6 is 0 Å². The number of benzene rings is 1. The number of nitrogens with one attached hydrogen (secondary N) is 1. The van der Waals surface area contributed by atoms with Gasteiger partial charge in [-0.1, -0.05) is 6.07 Å². The summed E-state index contributed by atoms with van der Waals surface area (Å²) in [7, 11) is -3.43. The second kappa shape index (κ2) is 6.69. The third-order valence-electron chi connectivity index (χ3n) is 5.06. The number of fused-ring (bicyclic) bond motifs is 1. The Morgan fingerprint density at radius 1 is 1.05 bits per heavy atom. The Morgan fingerprint density at radius 3 is 2.41 bits per heavy atom. The van der Waals surface area contributed by atoms with Gasteiger partial charge in [-0.3, -0.25) is 0 Å². The summed E-state index contributed by atoms with van der Waals surface area (Å²) in [6.07, 6.45) is 7.82. The van der Waals surface area contributed by atoms with Crippen LogP contribution in [0.2, 0.25) is 0 Å². The number of aryl methyl sites for hydroxylation is 2. The lowest BCUT2D eigenvalue weighted by Crippen LogP contribution is -2.38. The summed E-state index contributed by atoms with van der Waals surface area (Å²) in [5, 5.41) is 9.16. The topological polar surface area (TPSA) is 66.4 Å². The Hall–Kier alpha value is -0.910. The van der Waals surface area contributed by atoms with Crippen molar-refractivity contribution < 1.29 is 13.5 Å². The fourth-order valence-electron chi connectivity index (χ4n) is 3.63. The second-order valence-electron chi connectivity index (χ2n) is 6.66. The molecule has 2 aliphatic rings. The summed E-state index contributed by atoms with van der Waals surface area (Å²) >= 11 is 0. The smallest absolute Gasteiger partial charge is 0.240 e. The van der Waals surface area contributed by atoms with E-state index in [-0.39, 0.29) is 12.6 Å². The molecule has 1 fully saturated rings. The molecule has 0 unspecified atom stereocenters. The Kier molecular flexibility index (Phi) is 4.85. The van der Waals surface area contributed by atoms with Crippen molar-refractivity contribution in [3.63, 3.8) is 0 Å². The summed E-state index contributed by atoms with van der Waals surface area (Å²) in [5.74, 6) is 0.337. The molecule has 0 atom stereocenters. The molecule has 0 radical (unpaired) electrons. The van der Waals surface area contributed by atoms with Gasteiger partial charge in [-0.25, -0.2) is 13.1 Å². The molecule has 5 heteroatoms. The molecular weight excluding hydrogens is 298 g/mol. The summed E-state index contributed by atoms with van der Waals surface area (Å²) in [6, 6.07) is 5.58. The highest BCUT2D eigenvalue weighted by Crippen LogP contribution is 2.27. The molecule has 1 aromatic rings. The van der Waals surface area contributed by atoms with Crippen molar-refractivity contribution in [3.8, 4) is 0 Å². The van der Waals surface area contributed by atoms with Gasteiger partial charge in [-0.2, -0.15) is 0 Å². The molecule has 1 aromatic carbocycles. The van der Waals surface area contributed by atoms with Gasteiger partial charge in [0.05, 0.1) is 4.90 Å². The molecular formula is C17H25NO3S. The quantitative estimate of drug-likeness (QED) is 0.894. The van der Waals surface area contributed by atoms with Crippen LogP contribution in [0.1, 0.15) is 49.7 Å². The Morgan fingerprint density at radius 2 is 1.73 bits per heavy atom. The lowest BCUT2D eigenvalue weighted by molar-refractivity contribution is 0.180. The van der Waals surface area contributed by atoms with Crippen LogP contribution < -0.4 is 4.72 Å². The monoisotopic (exact) mass is 323 g/mol. The molecule has 3 rings (SSSR count). The zero-order chi connectivity index (χ0) is 15.6. The average Bonchev–Trinajstić information content (AvgIpc) is 2.55. The predicted molar refractivity (Wildman–Crippen MR) is 86.2 cm³/mol. The van der Waals surface area contributed by atoms with Crippen molar-refractivity contribution in [2.45, 2.75) is 62.3 Å². The summed E-state index contributed by atoms with van der Waals surface area (Å²) < 4.78 is 28.0. The van der Waals surface area contributed by atoms with Gasteiger partial charge < -0.3 is 5.11 Å². The summed E-state index contributed by atoms with van der Waals surface area (Å²) in [5.41, 5.74) is 2.49. The number of rotatable bonds is 4. The highest BCUT2D eigenvalue weighted by Gasteiger charge is 2.26. The normalized spacial score (nSPS) is 25.7. The molecule has 2 N–H and O–H groups in total. The van der Waals surface area contributed by atoms with Gasteiger partial charge in [-0.15, -0.1) is 0 Å². The Bertz CT molecular complexity index is 619. The average molecular weight is 323 g/mol.